The van der Waals surface area contributed by atoms with E-state index < -0.39 is 30.1 Å². The molecule has 24 heavy (non-hydrogen) atoms. The molecule has 0 saturated carbocycles. The first-order chi connectivity index (χ1) is 11.5. The van der Waals surface area contributed by atoms with Gasteiger partial charge in [-0.1, -0.05) is 29.8 Å². The van der Waals surface area contributed by atoms with Crippen LogP contribution in [0.1, 0.15) is 5.56 Å². The zero-order chi connectivity index (χ0) is 17.5. The summed E-state index contributed by atoms with van der Waals surface area (Å²) in [5.74, 6) is -2.68. The second-order valence-corrected chi connectivity index (χ2v) is 5.10. The van der Waals surface area contributed by atoms with E-state index >= 15 is 0 Å². The van der Waals surface area contributed by atoms with Crippen LogP contribution in [0.5, 0.6) is 5.75 Å². The standard InChI is InChI=1S/C16H13ClF2N2O3/c17-11-4-3-6-12(18)10(11)8-15(22)20-21-16(23)9-24-14-7-2-1-5-13(14)19/h1-7H,8-9H2,(H,20,22)(H,21,23). The van der Waals surface area contributed by atoms with Gasteiger partial charge in [-0.2, -0.15) is 0 Å². The molecule has 0 atom stereocenters. The van der Waals surface area contributed by atoms with Gasteiger partial charge in [0.15, 0.2) is 18.2 Å². The van der Waals surface area contributed by atoms with Crippen molar-refractivity contribution < 1.29 is 23.1 Å². The number of benzene rings is 2. The highest BCUT2D eigenvalue weighted by Crippen LogP contribution is 2.19. The summed E-state index contributed by atoms with van der Waals surface area (Å²) >= 11 is 5.81. The Morgan fingerprint density at radius 3 is 2.33 bits per heavy atom. The Bertz CT molecular complexity index is 736. The molecule has 2 N–H and O–H groups in total. The Hall–Kier alpha value is -2.67. The maximum Gasteiger partial charge on any atom is 0.276 e. The number of para-hydroxylation sites is 1. The van der Waals surface area contributed by atoms with Gasteiger partial charge in [0.05, 0.1) is 6.42 Å². The molecule has 8 heteroatoms. The molecule has 0 bridgehead atoms. The number of hydrogen-bond acceptors (Lipinski definition) is 3. The van der Waals surface area contributed by atoms with Crippen LogP contribution in [0, 0.1) is 11.6 Å². The number of hydrazine groups is 1. The van der Waals surface area contributed by atoms with Gasteiger partial charge in [0.25, 0.3) is 5.91 Å². The topological polar surface area (TPSA) is 67.4 Å². The van der Waals surface area contributed by atoms with Crippen molar-refractivity contribution in [3.05, 3.63) is 64.7 Å². The molecular formula is C16H13ClF2N2O3. The number of carbonyl (C=O) groups excluding carboxylic acids is 2. The normalized spacial score (nSPS) is 10.1. The van der Waals surface area contributed by atoms with Crippen LogP contribution in [0.15, 0.2) is 42.5 Å². The molecule has 0 heterocycles. The average molecular weight is 355 g/mol. The molecule has 0 aliphatic rings. The van der Waals surface area contributed by atoms with Gasteiger partial charge in [0.1, 0.15) is 5.82 Å². The fraction of sp³-hybridized carbons (Fsp3) is 0.125. The van der Waals surface area contributed by atoms with Crippen molar-refractivity contribution in [2.45, 2.75) is 6.42 Å². The number of amides is 2. The third kappa shape index (κ3) is 4.92. The molecule has 0 unspecified atom stereocenters. The molecule has 0 aromatic heterocycles. The highest BCUT2D eigenvalue weighted by atomic mass is 35.5. The van der Waals surface area contributed by atoms with Crippen molar-refractivity contribution in [3.63, 3.8) is 0 Å². The maximum absolute atomic E-state index is 13.5. The summed E-state index contributed by atoms with van der Waals surface area (Å²) in [7, 11) is 0. The molecule has 0 radical (unpaired) electrons. The van der Waals surface area contributed by atoms with E-state index in [1.165, 1.54) is 36.4 Å². The summed E-state index contributed by atoms with van der Waals surface area (Å²) in [5.41, 5.74) is 4.20. The predicted octanol–water partition coefficient (Wildman–Crippen LogP) is 2.39. The Morgan fingerprint density at radius 1 is 0.958 bits per heavy atom. The van der Waals surface area contributed by atoms with Crippen molar-refractivity contribution in [1.29, 1.82) is 0 Å². The van der Waals surface area contributed by atoms with E-state index in [1.807, 2.05) is 0 Å². The van der Waals surface area contributed by atoms with Gasteiger partial charge < -0.3 is 4.74 Å². The zero-order valence-electron chi connectivity index (χ0n) is 12.3. The number of hydrogen-bond donors (Lipinski definition) is 2. The van der Waals surface area contributed by atoms with E-state index in [0.717, 1.165) is 0 Å². The second-order valence-electron chi connectivity index (χ2n) is 4.69. The number of nitrogens with one attached hydrogen (secondary N) is 2. The van der Waals surface area contributed by atoms with E-state index in [2.05, 4.69) is 10.9 Å². The van der Waals surface area contributed by atoms with Crippen molar-refractivity contribution >= 4 is 23.4 Å². The molecule has 2 aromatic rings. The molecule has 5 nitrogen and oxygen atoms in total. The van der Waals surface area contributed by atoms with Crippen molar-refractivity contribution in [3.8, 4) is 5.75 Å². The van der Waals surface area contributed by atoms with Crippen LogP contribution in [0.4, 0.5) is 8.78 Å². The SMILES string of the molecule is O=C(COc1ccccc1F)NNC(=O)Cc1c(F)cccc1Cl. The first kappa shape index (κ1) is 17.7. The van der Waals surface area contributed by atoms with E-state index in [9.17, 15) is 18.4 Å². The van der Waals surface area contributed by atoms with Crippen molar-refractivity contribution in [2.24, 2.45) is 0 Å². The van der Waals surface area contributed by atoms with Gasteiger partial charge in [-0.3, -0.25) is 20.4 Å². The summed E-state index contributed by atoms with van der Waals surface area (Å²) < 4.78 is 31.8. The highest BCUT2D eigenvalue weighted by molar-refractivity contribution is 6.31. The second kappa shape index (κ2) is 8.26. The van der Waals surface area contributed by atoms with Gasteiger partial charge in [0, 0.05) is 10.6 Å². The largest absolute Gasteiger partial charge is 0.481 e. The Labute approximate surface area is 141 Å². The lowest BCUT2D eigenvalue weighted by molar-refractivity contribution is -0.129. The lowest BCUT2D eigenvalue weighted by atomic mass is 10.1. The molecule has 2 rings (SSSR count). The first-order valence-corrected chi connectivity index (χ1v) is 7.23. The number of halogens is 3. The quantitative estimate of drug-likeness (QED) is 0.810. The van der Waals surface area contributed by atoms with Crippen molar-refractivity contribution in [1.82, 2.24) is 10.9 Å². The minimum Gasteiger partial charge on any atom is -0.481 e. The minimum absolute atomic E-state index is 0.0218. The van der Waals surface area contributed by atoms with Crippen molar-refractivity contribution in [2.75, 3.05) is 6.61 Å². The molecule has 0 aliphatic carbocycles. The Morgan fingerprint density at radius 2 is 1.62 bits per heavy atom. The zero-order valence-corrected chi connectivity index (χ0v) is 13.1. The van der Waals surface area contributed by atoms with Gasteiger partial charge in [0.2, 0.25) is 5.91 Å². The van der Waals surface area contributed by atoms with E-state index in [0.29, 0.717) is 0 Å². The average Bonchev–Trinajstić information content (AvgIpc) is 2.56. The van der Waals surface area contributed by atoms with Crippen LogP contribution in [-0.2, 0) is 16.0 Å². The Kier molecular flexibility index (Phi) is 6.08. The molecule has 0 saturated heterocycles. The molecule has 126 valence electrons. The molecule has 0 fully saturated rings. The van der Waals surface area contributed by atoms with Gasteiger partial charge in [-0.05, 0) is 24.3 Å². The lowest BCUT2D eigenvalue weighted by Gasteiger charge is -2.10. The van der Waals surface area contributed by atoms with Gasteiger partial charge >= 0.3 is 0 Å². The third-order valence-electron chi connectivity index (χ3n) is 2.94. The molecule has 2 amide bonds. The Balaban J connectivity index is 1.79. The highest BCUT2D eigenvalue weighted by Gasteiger charge is 2.13. The molecule has 2 aromatic carbocycles. The summed E-state index contributed by atoms with van der Waals surface area (Å²) in [6.45, 7) is -0.498. The number of ether oxygens (including phenoxy) is 1. The third-order valence-corrected chi connectivity index (χ3v) is 3.29. The fourth-order valence-corrected chi connectivity index (χ4v) is 2.02. The van der Waals surface area contributed by atoms with Gasteiger partial charge in [-0.15, -0.1) is 0 Å². The van der Waals surface area contributed by atoms with Crippen LogP contribution in [0.25, 0.3) is 0 Å². The van der Waals surface area contributed by atoms with E-state index in [4.69, 9.17) is 16.3 Å². The smallest absolute Gasteiger partial charge is 0.276 e. The molecule has 0 aliphatic heterocycles. The van der Waals surface area contributed by atoms with Crippen LogP contribution < -0.4 is 15.6 Å². The summed E-state index contributed by atoms with van der Waals surface area (Å²) in [4.78, 5) is 23.2. The number of rotatable bonds is 5. The lowest BCUT2D eigenvalue weighted by Crippen LogP contribution is -2.44. The first-order valence-electron chi connectivity index (χ1n) is 6.85. The molecular weight excluding hydrogens is 342 g/mol. The van der Waals surface area contributed by atoms with Gasteiger partial charge in [-0.25, -0.2) is 8.78 Å². The predicted molar refractivity (Wildman–Crippen MR) is 83.3 cm³/mol. The van der Waals surface area contributed by atoms with Crippen LogP contribution >= 0.6 is 11.6 Å². The van der Waals surface area contributed by atoms with E-state index in [-0.39, 0.29) is 22.8 Å². The number of carbonyl (C=O) groups is 2. The fourth-order valence-electron chi connectivity index (χ4n) is 1.79. The minimum atomic E-state index is -0.703. The van der Waals surface area contributed by atoms with Crippen LogP contribution in [0.3, 0.4) is 0 Å². The van der Waals surface area contributed by atoms with Crippen LogP contribution in [-0.4, -0.2) is 18.4 Å². The monoisotopic (exact) mass is 354 g/mol. The summed E-state index contributed by atoms with van der Waals surface area (Å²) in [6.07, 6.45) is -0.347. The summed E-state index contributed by atoms with van der Waals surface area (Å²) in [5, 5.41) is 0.111. The van der Waals surface area contributed by atoms with E-state index in [1.54, 1.807) is 6.07 Å². The summed E-state index contributed by atoms with van der Waals surface area (Å²) in [6, 6.07) is 9.63. The maximum atomic E-state index is 13.5. The molecule has 0 spiro atoms. The van der Waals surface area contributed by atoms with Crippen LogP contribution in [0.2, 0.25) is 5.02 Å².